The molecule has 0 amide bonds. The molecule has 0 saturated carbocycles. The van der Waals surface area contributed by atoms with Crippen LogP contribution in [0.15, 0.2) is 84.9 Å². The molecule has 4 aromatic carbocycles. The van der Waals surface area contributed by atoms with Gasteiger partial charge in [0.2, 0.25) is 0 Å². The fraction of sp³-hybridized carbons (Fsp3) is 0.0400. The van der Waals surface area contributed by atoms with Crippen molar-refractivity contribution in [3.63, 3.8) is 0 Å². The molecule has 150 valence electrons. The summed E-state index contributed by atoms with van der Waals surface area (Å²) in [5.74, 6) is -0.215. The molecule has 30 heavy (non-hydrogen) atoms. The van der Waals surface area contributed by atoms with Gasteiger partial charge >= 0.3 is 0 Å². The molecular weight excluding hydrogens is 487 g/mol. The Morgan fingerprint density at radius 3 is 1.47 bits per heavy atom. The van der Waals surface area contributed by atoms with Crippen molar-refractivity contribution in [1.82, 2.24) is 0 Å². The monoisotopic (exact) mass is 508 g/mol. The summed E-state index contributed by atoms with van der Waals surface area (Å²) in [4.78, 5) is 0. The molecule has 5 heteroatoms. The van der Waals surface area contributed by atoms with Gasteiger partial charge in [0.1, 0.15) is 11.5 Å². The van der Waals surface area contributed by atoms with E-state index in [2.05, 4.69) is 46.9 Å². The van der Waals surface area contributed by atoms with Crippen LogP contribution in [0.4, 0.5) is 11.4 Å². The second-order valence-electron chi connectivity index (χ2n) is 7.20. The van der Waals surface area contributed by atoms with Gasteiger partial charge in [-0.2, -0.15) is 0 Å². The van der Waals surface area contributed by atoms with E-state index in [1.54, 1.807) is 24.3 Å². The maximum atomic E-state index is 10.6. The lowest BCUT2D eigenvalue weighted by molar-refractivity contribution is 0.459. The maximum Gasteiger partial charge on any atom is 0.121 e. The molecule has 4 rings (SSSR count). The van der Waals surface area contributed by atoms with E-state index < -0.39 is 0 Å². The SMILES string of the molecule is Nc1ccc(C(c2ccc(-c3ccc(I)cc3)cc2)c2ccc(N)cc2O)c(O)c1. The van der Waals surface area contributed by atoms with Gasteiger partial charge in [-0.25, -0.2) is 0 Å². The number of phenolic OH excluding ortho intramolecular Hbond substituents is 2. The van der Waals surface area contributed by atoms with E-state index in [1.807, 2.05) is 24.3 Å². The molecule has 0 fully saturated rings. The molecule has 0 radical (unpaired) electrons. The Morgan fingerprint density at radius 2 is 1.03 bits per heavy atom. The highest BCUT2D eigenvalue weighted by atomic mass is 127. The zero-order chi connectivity index (χ0) is 21.3. The van der Waals surface area contributed by atoms with E-state index in [1.165, 1.54) is 15.7 Å². The van der Waals surface area contributed by atoms with Crippen molar-refractivity contribution in [3.8, 4) is 22.6 Å². The maximum absolute atomic E-state index is 10.6. The molecule has 0 heterocycles. The zero-order valence-electron chi connectivity index (χ0n) is 16.1. The van der Waals surface area contributed by atoms with Crippen LogP contribution >= 0.6 is 22.6 Å². The second kappa shape index (κ2) is 8.28. The van der Waals surface area contributed by atoms with Crippen molar-refractivity contribution in [2.24, 2.45) is 0 Å². The number of halogens is 1. The number of hydrogen-bond acceptors (Lipinski definition) is 4. The van der Waals surface area contributed by atoms with Gasteiger partial charge < -0.3 is 21.7 Å². The molecular formula is C25H21IN2O2. The van der Waals surface area contributed by atoms with Crippen LogP contribution in [-0.4, -0.2) is 10.2 Å². The highest BCUT2D eigenvalue weighted by Crippen LogP contribution is 2.42. The van der Waals surface area contributed by atoms with Gasteiger partial charge in [0.15, 0.2) is 0 Å². The minimum absolute atomic E-state index is 0.0814. The van der Waals surface area contributed by atoms with Crippen molar-refractivity contribution in [3.05, 3.63) is 105 Å². The van der Waals surface area contributed by atoms with Gasteiger partial charge in [-0.15, -0.1) is 0 Å². The van der Waals surface area contributed by atoms with E-state index in [-0.39, 0.29) is 17.4 Å². The quantitative estimate of drug-likeness (QED) is 0.161. The number of aromatic hydroxyl groups is 2. The van der Waals surface area contributed by atoms with Gasteiger partial charge in [0.25, 0.3) is 0 Å². The average molecular weight is 508 g/mol. The number of benzene rings is 4. The van der Waals surface area contributed by atoms with Crippen LogP contribution < -0.4 is 11.5 Å². The fourth-order valence-electron chi connectivity index (χ4n) is 3.65. The van der Waals surface area contributed by atoms with Crippen molar-refractivity contribution < 1.29 is 10.2 Å². The molecule has 0 unspecified atom stereocenters. The minimum Gasteiger partial charge on any atom is -0.508 e. The Kier molecular flexibility index (Phi) is 5.55. The normalized spacial score (nSPS) is 11.0. The van der Waals surface area contributed by atoms with Crippen LogP contribution in [0.2, 0.25) is 0 Å². The molecule has 0 spiro atoms. The van der Waals surface area contributed by atoms with Crippen LogP contribution in [0.3, 0.4) is 0 Å². The summed E-state index contributed by atoms with van der Waals surface area (Å²) < 4.78 is 1.19. The summed E-state index contributed by atoms with van der Waals surface area (Å²) in [6, 6.07) is 26.6. The van der Waals surface area contributed by atoms with E-state index in [0.717, 1.165) is 16.7 Å². The molecule has 0 aliphatic carbocycles. The number of nitrogen functional groups attached to an aromatic ring is 2. The highest BCUT2D eigenvalue weighted by molar-refractivity contribution is 14.1. The van der Waals surface area contributed by atoms with Crippen molar-refractivity contribution >= 4 is 34.0 Å². The first kappa shape index (κ1) is 20.1. The predicted octanol–water partition coefficient (Wildman–Crippen LogP) is 5.71. The smallest absolute Gasteiger partial charge is 0.121 e. The van der Waals surface area contributed by atoms with Crippen molar-refractivity contribution in [1.29, 1.82) is 0 Å². The first-order valence-corrected chi connectivity index (χ1v) is 10.5. The summed E-state index contributed by atoms with van der Waals surface area (Å²) in [6.45, 7) is 0. The lowest BCUT2D eigenvalue weighted by atomic mass is 9.83. The summed E-state index contributed by atoms with van der Waals surface area (Å²) >= 11 is 2.29. The average Bonchev–Trinajstić information content (AvgIpc) is 2.72. The zero-order valence-corrected chi connectivity index (χ0v) is 18.2. The lowest BCUT2D eigenvalue weighted by Gasteiger charge is -2.22. The highest BCUT2D eigenvalue weighted by Gasteiger charge is 2.23. The van der Waals surface area contributed by atoms with Crippen LogP contribution in [-0.2, 0) is 0 Å². The van der Waals surface area contributed by atoms with Gasteiger partial charge in [-0.1, -0.05) is 48.5 Å². The third kappa shape index (κ3) is 4.07. The molecule has 4 aromatic rings. The first-order chi connectivity index (χ1) is 14.4. The first-order valence-electron chi connectivity index (χ1n) is 9.45. The second-order valence-corrected chi connectivity index (χ2v) is 8.44. The number of hydrogen-bond donors (Lipinski definition) is 4. The third-order valence-electron chi connectivity index (χ3n) is 5.15. The molecule has 0 aliphatic heterocycles. The van der Waals surface area contributed by atoms with Gasteiger partial charge in [0, 0.05) is 44.1 Å². The summed E-state index contributed by atoms with van der Waals surface area (Å²) in [5.41, 5.74) is 17.1. The topological polar surface area (TPSA) is 92.5 Å². The van der Waals surface area contributed by atoms with Gasteiger partial charge in [-0.3, -0.25) is 0 Å². The molecule has 0 bridgehead atoms. The largest absolute Gasteiger partial charge is 0.508 e. The number of anilines is 2. The van der Waals surface area contributed by atoms with E-state index in [9.17, 15) is 10.2 Å². The Hall–Kier alpha value is -3.19. The Bertz CT molecular complexity index is 1140. The lowest BCUT2D eigenvalue weighted by Crippen LogP contribution is -2.05. The van der Waals surface area contributed by atoms with E-state index in [0.29, 0.717) is 22.5 Å². The Morgan fingerprint density at radius 1 is 0.600 bits per heavy atom. The third-order valence-corrected chi connectivity index (χ3v) is 5.87. The molecule has 4 nitrogen and oxygen atoms in total. The Balaban J connectivity index is 1.82. The molecule has 0 atom stereocenters. The van der Waals surface area contributed by atoms with Crippen LogP contribution in [0.1, 0.15) is 22.6 Å². The van der Waals surface area contributed by atoms with Crippen molar-refractivity contribution in [2.45, 2.75) is 5.92 Å². The number of rotatable bonds is 4. The van der Waals surface area contributed by atoms with Gasteiger partial charge in [0.05, 0.1) is 0 Å². The molecule has 0 aliphatic rings. The fourth-order valence-corrected chi connectivity index (χ4v) is 4.01. The molecule has 6 N–H and O–H groups in total. The standard InChI is InChI=1S/C25H21IN2O2/c26-18-7-5-16(6-8-18)15-1-3-17(4-2-15)25(21-11-9-19(27)13-23(21)29)22-12-10-20(28)14-24(22)30/h1-14,25,29-30H,27-28H2. The van der Waals surface area contributed by atoms with E-state index in [4.69, 9.17) is 11.5 Å². The van der Waals surface area contributed by atoms with Crippen molar-refractivity contribution in [2.75, 3.05) is 11.5 Å². The van der Waals surface area contributed by atoms with Crippen LogP contribution in [0, 0.1) is 3.57 Å². The number of nitrogens with two attached hydrogens (primary N) is 2. The Labute approximate surface area is 188 Å². The summed E-state index contributed by atoms with van der Waals surface area (Å²) in [7, 11) is 0. The van der Waals surface area contributed by atoms with E-state index >= 15 is 0 Å². The number of phenols is 2. The summed E-state index contributed by atoms with van der Waals surface area (Å²) in [6.07, 6.45) is 0. The molecule has 0 aromatic heterocycles. The minimum atomic E-state index is -0.378. The van der Waals surface area contributed by atoms with Gasteiger partial charge in [-0.05, 0) is 63.5 Å². The summed E-state index contributed by atoms with van der Waals surface area (Å²) in [5, 5.41) is 21.2. The predicted molar refractivity (Wildman–Crippen MR) is 131 cm³/mol. The van der Waals surface area contributed by atoms with Crippen LogP contribution in [0.5, 0.6) is 11.5 Å². The molecule has 0 saturated heterocycles. The van der Waals surface area contributed by atoms with Crippen LogP contribution in [0.25, 0.3) is 11.1 Å².